The molecule has 0 aliphatic carbocycles. The number of unbranched alkanes of at least 4 members (excludes halogenated alkanes) is 3. The van der Waals surface area contributed by atoms with Crippen molar-refractivity contribution in [2.45, 2.75) is 145 Å². The van der Waals surface area contributed by atoms with Crippen molar-refractivity contribution < 1.29 is 28.2 Å². The number of alkyl carbamates (subject to hydrolysis) is 1. The van der Waals surface area contributed by atoms with Gasteiger partial charge in [-0.1, -0.05) is 94.9 Å². The van der Waals surface area contributed by atoms with E-state index in [0.29, 0.717) is 53.9 Å². The fraction of sp³-hybridized carbons (Fsp3) is 0.846. The van der Waals surface area contributed by atoms with Gasteiger partial charge in [0.2, 0.25) is 5.95 Å². The molecule has 14 nitrogen and oxygen atoms in total. The van der Waals surface area contributed by atoms with E-state index < -0.39 is 44.0 Å². The Hall–Kier alpha value is -2.29. The molecule has 4 heterocycles. The molecule has 0 bridgehead atoms. The van der Waals surface area contributed by atoms with Crippen LogP contribution in [-0.4, -0.2) is 81.6 Å². The first-order chi connectivity index (χ1) is 25.9. The first-order valence-electron chi connectivity index (χ1n) is 20.7. The zero-order valence-electron chi connectivity index (χ0n) is 35.2. The van der Waals surface area contributed by atoms with Crippen molar-refractivity contribution in [2.24, 2.45) is 47.3 Å². The van der Waals surface area contributed by atoms with Gasteiger partial charge >= 0.3 is 21.5 Å². The molecule has 2 radical (unpaired) electrons. The fourth-order valence-corrected chi connectivity index (χ4v) is 9.70. The van der Waals surface area contributed by atoms with Crippen LogP contribution in [0.4, 0.5) is 10.7 Å². The summed E-state index contributed by atoms with van der Waals surface area (Å²) in [5.74, 6) is 4.74. The van der Waals surface area contributed by atoms with E-state index in [2.05, 4.69) is 102 Å². The van der Waals surface area contributed by atoms with Crippen molar-refractivity contribution in [2.75, 3.05) is 25.4 Å². The van der Waals surface area contributed by atoms with Crippen LogP contribution in [-0.2, 0) is 18.5 Å². The highest BCUT2D eigenvalue weighted by Crippen LogP contribution is 2.59. The van der Waals surface area contributed by atoms with Crippen molar-refractivity contribution in [1.29, 1.82) is 0 Å². The van der Waals surface area contributed by atoms with Gasteiger partial charge in [-0.25, -0.2) is 14.7 Å². The van der Waals surface area contributed by atoms with E-state index in [1.807, 2.05) is 0 Å². The SMILES string of the molecule is [B][P+]1(O)OC[C@H]2O[C@@H](n3cnc4c(=O)[nH]c(N)nc43)C(OC(=O)NCCCCCCNC(C)(C(C)C(C)C(C)C(C)CC)C(C)C(C)C(C)C(C)CC)[C@H]2O1. The van der Waals surface area contributed by atoms with Crippen LogP contribution in [0.2, 0.25) is 0 Å². The zero-order chi connectivity index (χ0) is 40.8. The van der Waals surface area contributed by atoms with Gasteiger partial charge in [0.15, 0.2) is 29.6 Å². The number of nitrogens with one attached hydrogen (secondary N) is 3. The quantitative estimate of drug-likeness (QED) is 0.0542. The molecule has 6 N–H and O–H groups in total. The number of fused-ring (bicyclic) bond motifs is 2. The monoisotopic (exact) mass is 791 g/mol. The first kappa shape index (κ1) is 45.4. The van der Waals surface area contributed by atoms with E-state index >= 15 is 0 Å². The Bertz CT molecular complexity index is 1570. The molecule has 2 aromatic heterocycles. The standard InChI is InChI=1S/C39H70BN7O7P/c1-12-22(3)24(5)26(7)28(9)39(11,29(10)27(8)25(6)23(4)13-2)44-19-17-15-14-16-18-42-38(49)53-33-32-30(20-51-55(40,50)54-32)52-36(33)47-21-43-31-34(47)45-37(41)46-35(31)48/h21-30,32-33,36,44,50H,12-20H2,1-11H3,(H,42,49)(H3,41,45,46,48)/q+1/t22?,23?,24?,25?,26?,27?,28?,29?,30-,32+,33?,36-,39?,55?/m1/s1. The Labute approximate surface area is 330 Å². The molecule has 0 aromatic carbocycles. The van der Waals surface area contributed by atoms with Crippen molar-refractivity contribution in [3.63, 3.8) is 0 Å². The second-order valence-electron chi connectivity index (χ2n) is 17.0. The Balaban J connectivity index is 1.32. The maximum atomic E-state index is 13.1. The number of nitrogens with zero attached hydrogens (tertiary/aromatic N) is 3. The topological polar surface area (TPSA) is 188 Å². The molecular weight excluding hydrogens is 720 g/mol. The molecule has 55 heavy (non-hydrogen) atoms. The highest BCUT2D eigenvalue weighted by molar-refractivity contribution is 7.85. The van der Waals surface area contributed by atoms with Gasteiger partial charge < -0.3 is 25.8 Å². The normalized spacial score (nSPS) is 28.3. The lowest BCUT2D eigenvalue weighted by atomic mass is 9.61. The number of ether oxygens (including phenoxy) is 2. The Morgan fingerprint density at radius 1 is 1.04 bits per heavy atom. The molecular formula is C39H70BN7O7P+. The third kappa shape index (κ3) is 10.6. The van der Waals surface area contributed by atoms with Crippen LogP contribution in [0.25, 0.3) is 11.2 Å². The summed E-state index contributed by atoms with van der Waals surface area (Å²) in [5.41, 5.74) is 5.45. The van der Waals surface area contributed by atoms with E-state index in [-0.39, 0.29) is 29.3 Å². The lowest BCUT2D eigenvalue weighted by Crippen LogP contribution is -2.57. The lowest BCUT2D eigenvalue weighted by molar-refractivity contribution is -0.0606. The predicted octanol–water partition coefficient (Wildman–Crippen LogP) is 6.77. The molecule has 0 saturated carbocycles. The summed E-state index contributed by atoms with van der Waals surface area (Å²) in [6, 6.07) is 0. The molecule has 2 saturated heterocycles. The maximum absolute atomic E-state index is 13.1. The minimum atomic E-state index is -3.66. The first-order valence-corrected chi connectivity index (χ1v) is 22.3. The van der Waals surface area contributed by atoms with E-state index in [9.17, 15) is 14.5 Å². The summed E-state index contributed by atoms with van der Waals surface area (Å²) in [5, 5.41) is 6.95. The summed E-state index contributed by atoms with van der Waals surface area (Å²) in [6.07, 6.45) is 3.14. The summed E-state index contributed by atoms with van der Waals surface area (Å²) in [7, 11) is 2.16. The highest BCUT2D eigenvalue weighted by Gasteiger charge is 2.59. The van der Waals surface area contributed by atoms with Crippen LogP contribution in [0.5, 0.6) is 0 Å². The molecule has 2 aromatic rings. The number of H-pyrrole nitrogens is 1. The summed E-state index contributed by atoms with van der Waals surface area (Å²) in [6.45, 7) is 27.9. The van der Waals surface area contributed by atoms with Crippen molar-refractivity contribution in [3.8, 4) is 0 Å². The van der Waals surface area contributed by atoms with Gasteiger partial charge in [-0.3, -0.25) is 14.3 Å². The number of anilines is 1. The van der Waals surface area contributed by atoms with E-state index in [4.69, 9.17) is 31.8 Å². The van der Waals surface area contributed by atoms with Gasteiger partial charge in [-0.05, 0) is 73.7 Å². The molecule has 4 rings (SSSR count). The average Bonchev–Trinajstić information content (AvgIpc) is 3.73. The largest absolute Gasteiger partial charge is 0.488 e. The number of aromatic amines is 1. The van der Waals surface area contributed by atoms with Crippen LogP contribution in [0.1, 0.15) is 121 Å². The number of rotatable bonds is 20. The Morgan fingerprint density at radius 3 is 2.20 bits per heavy atom. The van der Waals surface area contributed by atoms with Gasteiger partial charge in [0.1, 0.15) is 12.7 Å². The van der Waals surface area contributed by atoms with Crippen molar-refractivity contribution >= 4 is 38.6 Å². The molecule has 16 heteroatoms. The highest BCUT2D eigenvalue weighted by atomic mass is 31.2. The van der Waals surface area contributed by atoms with E-state index in [1.54, 1.807) is 0 Å². The number of carbonyl (C=O) groups is 1. The van der Waals surface area contributed by atoms with E-state index in [1.165, 1.54) is 23.7 Å². The van der Waals surface area contributed by atoms with E-state index in [0.717, 1.165) is 32.2 Å². The van der Waals surface area contributed by atoms with Crippen LogP contribution < -0.4 is 21.9 Å². The molecule has 310 valence electrons. The molecule has 0 spiro atoms. The average molecular weight is 791 g/mol. The smallest absolute Gasteiger partial charge is 0.438 e. The minimum Gasteiger partial charge on any atom is -0.438 e. The number of amides is 1. The molecule has 13 atom stereocenters. The third-order valence-corrected chi connectivity index (χ3v) is 15.1. The summed E-state index contributed by atoms with van der Waals surface area (Å²) in [4.78, 5) is 46.7. The number of nitrogens with two attached hydrogens (primary N) is 1. The Kier molecular flexibility index (Phi) is 16.1. The third-order valence-electron chi connectivity index (χ3n) is 14.0. The zero-order valence-corrected chi connectivity index (χ0v) is 36.1. The Morgan fingerprint density at radius 2 is 1.62 bits per heavy atom. The number of nitrogen functional groups attached to an aromatic ring is 1. The minimum absolute atomic E-state index is 0.00838. The van der Waals surface area contributed by atoms with Gasteiger partial charge in [-0.15, -0.1) is 0 Å². The summed E-state index contributed by atoms with van der Waals surface area (Å²) >= 11 is 0. The molecule has 2 aliphatic rings. The number of hydrogen-bond donors (Lipinski definition) is 5. The van der Waals surface area contributed by atoms with Crippen LogP contribution in [0.3, 0.4) is 0 Å². The molecule has 2 fully saturated rings. The van der Waals surface area contributed by atoms with Crippen molar-refractivity contribution in [1.82, 2.24) is 30.2 Å². The fourth-order valence-electron chi connectivity index (χ4n) is 8.67. The predicted molar refractivity (Wildman–Crippen MR) is 219 cm³/mol. The van der Waals surface area contributed by atoms with Crippen LogP contribution in [0.15, 0.2) is 11.1 Å². The second kappa shape index (κ2) is 19.4. The lowest BCUT2D eigenvalue weighted by Gasteiger charge is -2.50. The van der Waals surface area contributed by atoms with Gasteiger partial charge in [0.25, 0.3) is 5.56 Å². The summed E-state index contributed by atoms with van der Waals surface area (Å²) < 4.78 is 24.4. The van der Waals surface area contributed by atoms with Gasteiger partial charge in [0, 0.05) is 12.1 Å². The molecule has 1 amide bonds. The van der Waals surface area contributed by atoms with Gasteiger partial charge in [-0.2, -0.15) is 14.0 Å². The van der Waals surface area contributed by atoms with Crippen LogP contribution in [0, 0.1) is 47.3 Å². The number of imidazole rings is 1. The number of hydrogen-bond acceptors (Lipinski definition) is 11. The van der Waals surface area contributed by atoms with Gasteiger partial charge in [0.05, 0.1) is 6.33 Å². The van der Waals surface area contributed by atoms with Crippen molar-refractivity contribution in [3.05, 3.63) is 16.7 Å². The van der Waals surface area contributed by atoms with Crippen LogP contribution >= 0.6 is 7.82 Å². The maximum Gasteiger partial charge on any atom is 0.488 e. The second-order valence-corrected chi connectivity index (χ2v) is 18.6. The number of carbonyl (C=O) groups excluding carboxylic acids is 1. The molecule has 10 unspecified atom stereocenters. The number of aromatic nitrogens is 4. The molecule has 2 aliphatic heterocycles.